The molecule has 13 heavy (non-hydrogen) atoms. The van der Waals surface area contributed by atoms with Crippen LogP contribution in [0.2, 0.25) is 0 Å². The molecule has 1 atom stereocenters. The van der Waals surface area contributed by atoms with Crippen LogP contribution in [0.5, 0.6) is 0 Å². The number of methoxy groups -OCH3 is 1. The maximum atomic E-state index is 5.85. The van der Waals surface area contributed by atoms with Crippen molar-refractivity contribution in [2.24, 2.45) is 0 Å². The number of anilines is 1. The van der Waals surface area contributed by atoms with Gasteiger partial charge in [-0.25, -0.2) is 4.98 Å². The second kappa shape index (κ2) is 4.58. The lowest BCUT2D eigenvalue weighted by Gasteiger charge is -2.07. The Kier molecular flexibility index (Phi) is 3.69. The first-order chi connectivity index (χ1) is 6.19. The van der Waals surface area contributed by atoms with Gasteiger partial charge in [0, 0.05) is 13.0 Å². The van der Waals surface area contributed by atoms with Crippen molar-refractivity contribution >= 4 is 16.3 Å². The molecule has 74 valence electrons. The molecule has 0 spiro atoms. The number of aromatic nitrogens is 1. The first-order valence-corrected chi connectivity index (χ1v) is 5.24. The summed E-state index contributed by atoms with van der Waals surface area (Å²) in [6, 6.07) is 0. The van der Waals surface area contributed by atoms with Crippen LogP contribution in [-0.2, 0) is 11.2 Å². The third-order valence-corrected chi connectivity index (χ3v) is 2.96. The summed E-state index contributed by atoms with van der Waals surface area (Å²) in [5.74, 6) is 0.293. The maximum Gasteiger partial charge on any atom is 0.110 e. The molecular formula is C9H16N2OS. The van der Waals surface area contributed by atoms with E-state index in [-0.39, 0.29) is 0 Å². The normalized spacial score (nSPS) is 13.2. The summed E-state index contributed by atoms with van der Waals surface area (Å²) >= 11 is 1.58. The molecule has 1 rings (SSSR count). The predicted molar refractivity (Wildman–Crippen MR) is 56.2 cm³/mol. The zero-order chi connectivity index (χ0) is 9.84. The van der Waals surface area contributed by atoms with Crippen LogP contribution in [0.25, 0.3) is 0 Å². The first-order valence-electron chi connectivity index (χ1n) is 4.43. The second-order valence-corrected chi connectivity index (χ2v) is 4.18. The van der Waals surface area contributed by atoms with Gasteiger partial charge in [0.1, 0.15) is 5.00 Å². The molecule has 0 aromatic carbocycles. The monoisotopic (exact) mass is 200 g/mol. The Morgan fingerprint density at radius 3 is 2.77 bits per heavy atom. The third kappa shape index (κ3) is 2.42. The van der Waals surface area contributed by atoms with Gasteiger partial charge in [0.25, 0.3) is 0 Å². The van der Waals surface area contributed by atoms with Gasteiger partial charge in [-0.3, -0.25) is 0 Å². The van der Waals surface area contributed by atoms with Crippen molar-refractivity contribution in [3.05, 3.63) is 10.7 Å². The first kappa shape index (κ1) is 10.5. The summed E-state index contributed by atoms with van der Waals surface area (Å²) in [5, 5.41) is 1.94. The van der Waals surface area contributed by atoms with Gasteiger partial charge < -0.3 is 10.5 Å². The minimum absolute atomic E-state index is 0.293. The lowest BCUT2D eigenvalue weighted by Crippen LogP contribution is -2.04. The van der Waals surface area contributed by atoms with E-state index in [1.165, 1.54) is 0 Å². The Hall–Kier alpha value is -0.610. The SMILES string of the molecule is CCc1nc(C(C)COC)c(N)s1. The fraction of sp³-hybridized carbons (Fsp3) is 0.667. The topological polar surface area (TPSA) is 48.1 Å². The number of hydrogen-bond acceptors (Lipinski definition) is 4. The number of thiazole rings is 1. The van der Waals surface area contributed by atoms with Crippen molar-refractivity contribution in [1.29, 1.82) is 0 Å². The number of hydrogen-bond donors (Lipinski definition) is 1. The molecule has 0 saturated carbocycles. The number of aryl methyl sites for hydroxylation is 1. The molecule has 0 radical (unpaired) electrons. The summed E-state index contributed by atoms with van der Waals surface area (Å²) in [6.45, 7) is 4.84. The fourth-order valence-corrected chi connectivity index (χ4v) is 2.12. The average Bonchev–Trinajstić information content (AvgIpc) is 2.47. The molecule has 0 aliphatic rings. The molecule has 0 bridgehead atoms. The summed E-state index contributed by atoms with van der Waals surface area (Å²) in [7, 11) is 1.69. The zero-order valence-corrected chi connectivity index (χ0v) is 9.15. The van der Waals surface area contributed by atoms with E-state index in [2.05, 4.69) is 18.8 Å². The van der Waals surface area contributed by atoms with Crippen LogP contribution in [0.3, 0.4) is 0 Å². The van der Waals surface area contributed by atoms with Gasteiger partial charge in [0.15, 0.2) is 0 Å². The summed E-state index contributed by atoms with van der Waals surface area (Å²) < 4.78 is 5.06. The van der Waals surface area contributed by atoms with Gasteiger partial charge in [-0.1, -0.05) is 13.8 Å². The van der Waals surface area contributed by atoms with E-state index in [4.69, 9.17) is 10.5 Å². The standard InChI is InChI=1S/C9H16N2OS/c1-4-7-11-8(9(10)13-7)6(2)5-12-3/h6H,4-5,10H2,1-3H3. The number of ether oxygens (including phenoxy) is 1. The minimum atomic E-state index is 0.293. The van der Waals surface area contributed by atoms with E-state index in [0.717, 1.165) is 22.1 Å². The van der Waals surface area contributed by atoms with Gasteiger partial charge in [0.2, 0.25) is 0 Å². The Bertz CT molecular complexity index is 273. The van der Waals surface area contributed by atoms with E-state index in [0.29, 0.717) is 12.5 Å². The van der Waals surface area contributed by atoms with Crippen molar-refractivity contribution < 1.29 is 4.74 Å². The van der Waals surface area contributed by atoms with Crippen LogP contribution in [0, 0.1) is 0 Å². The molecule has 0 saturated heterocycles. The zero-order valence-electron chi connectivity index (χ0n) is 8.33. The maximum absolute atomic E-state index is 5.85. The smallest absolute Gasteiger partial charge is 0.110 e. The summed E-state index contributed by atoms with van der Waals surface area (Å²) in [6.07, 6.45) is 0.953. The van der Waals surface area contributed by atoms with Crippen molar-refractivity contribution in [3.63, 3.8) is 0 Å². The van der Waals surface area contributed by atoms with Gasteiger partial charge in [-0.05, 0) is 6.42 Å². The quantitative estimate of drug-likeness (QED) is 0.809. The van der Waals surface area contributed by atoms with Crippen molar-refractivity contribution in [2.45, 2.75) is 26.2 Å². The minimum Gasteiger partial charge on any atom is -0.389 e. The van der Waals surface area contributed by atoms with Crippen LogP contribution in [0.1, 0.15) is 30.5 Å². The van der Waals surface area contributed by atoms with Crippen LogP contribution >= 0.6 is 11.3 Å². The van der Waals surface area contributed by atoms with E-state index < -0.39 is 0 Å². The Morgan fingerprint density at radius 2 is 2.31 bits per heavy atom. The predicted octanol–water partition coefficient (Wildman–Crippen LogP) is 2.04. The molecule has 0 aliphatic heterocycles. The lowest BCUT2D eigenvalue weighted by molar-refractivity contribution is 0.183. The van der Waals surface area contributed by atoms with Gasteiger partial charge in [-0.2, -0.15) is 0 Å². The van der Waals surface area contributed by atoms with Crippen LogP contribution < -0.4 is 5.73 Å². The Morgan fingerprint density at radius 1 is 1.62 bits per heavy atom. The highest BCUT2D eigenvalue weighted by atomic mass is 32.1. The summed E-state index contributed by atoms with van der Waals surface area (Å²) in [5.41, 5.74) is 6.84. The summed E-state index contributed by atoms with van der Waals surface area (Å²) in [4.78, 5) is 4.46. The van der Waals surface area contributed by atoms with E-state index in [1.807, 2.05) is 0 Å². The van der Waals surface area contributed by atoms with Gasteiger partial charge in [-0.15, -0.1) is 11.3 Å². The van der Waals surface area contributed by atoms with E-state index >= 15 is 0 Å². The molecule has 3 nitrogen and oxygen atoms in total. The third-order valence-electron chi connectivity index (χ3n) is 1.91. The molecule has 4 heteroatoms. The fourth-order valence-electron chi connectivity index (χ4n) is 1.22. The van der Waals surface area contributed by atoms with E-state index in [9.17, 15) is 0 Å². The van der Waals surface area contributed by atoms with Crippen molar-refractivity contribution in [2.75, 3.05) is 19.5 Å². The Labute approximate surface area is 82.9 Å². The number of nitrogens with two attached hydrogens (primary N) is 1. The average molecular weight is 200 g/mol. The van der Waals surface area contributed by atoms with Gasteiger partial charge in [0.05, 0.1) is 17.3 Å². The van der Waals surface area contributed by atoms with Gasteiger partial charge >= 0.3 is 0 Å². The van der Waals surface area contributed by atoms with Crippen LogP contribution in [0.4, 0.5) is 5.00 Å². The van der Waals surface area contributed by atoms with E-state index in [1.54, 1.807) is 18.4 Å². The highest BCUT2D eigenvalue weighted by Gasteiger charge is 2.13. The second-order valence-electron chi connectivity index (χ2n) is 3.07. The van der Waals surface area contributed by atoms with Crippen molar-refractivity contribution in [1.82, 2.24) is 4.98 Å². The lowest BCUT2D eigenvalue weighted by atomic mass is 10.1. The molecule has 1 aromatic rings. The highest BCUT2D eigenvalue weighted by molar-refractivity contribution is 7.15. The number of rotatable bonds is 4. The van der Waals surface area contributed by atoms with Crippen molar-refractivity contribution in [3.8, 4) is 0 Å². The Balaban J connectivity index is 2.80. The van der Waals surface area contributed by atoms with Crippen LogP contribution in [0.15, 0.2) is 0 Å². The largest absolute Gasteiger partial charge is 0.389 e. The molecule has 1 heterocycles. The molecule has 1 unspecified atom stereocenters. The number of nitrogens with zero attached hydrogens (tertiary/aromatic N) is 1. The highest BCUT2D eigenvalue weighted by Crippen LogP contribution is 2.27. The molecule has 0 fully saturated rings. The molecular weight excluding hydrogens is 184 g/mol. The molecule has 0 amide bonds. The number of nitrogen functional groups attached to an aromatic ring is 1. The molecule has 1 aromatic heterocycles. The van der Waals surface area contributed by atoms with Crippen LogP contribution in [-0.4, -0.2) is 18.7 Å². The molecule has 2 N–H and O–H groups in total. The molecule has 0 aliphatic carbocycles.